The Hall–Kier alpha value is -1.68. The number of esters is 1. The molecule has 2 heterocycles. The third-order valence-electron chi connectivity index (χ3n) is 3.48. The Morgan fingerprint density at radius 2 is 2.20 bits per heavy atom. The minimum absolute atomic E-state index is 0.253. The van der Waals surface area contributed by atoms with Gasteiger partial charge in [-0.1, -0.05) is 0 Å². The molecule has 1 aliphatic carbocycles. The van der Waals surface area contributed by atoms with Crippen LogP contribution < -0.4 is 0 Å². The fraction of sp³-hybridized carbons (Fsp3) is 0.375. The molecule has 20 heavy (non-hydrogen) atoms. The molecule has 3 rings (SSSR count). The van der Waals surface area contributed by atoms with Crippen LogP contribution in [0.5, 0.6) is 0 Å². The van der Waals surface area contributed by atoms with Crippen molar-refractivity contribution in [3.8, 4) is 10.6 Å². The SMILES string of the molecule is CCOC(=O)c1ccc(-c2sccc2C)nc1C1CC1. The summed E-state index contributed by atoms with van der Waals surface area (Å²) in [7, 11) is 0. The topological polar surface area (TPSA) is 39.2 Å². The maximum absolute atomic E-state index is 12.0. The summed E-state index contributed by atoms with van der Waals surface area (Å²) in [5.74, 6) is 0.172. The van der Waals surface area contributed by atoms with Crippen molar-refractivity contribution in [3.05, 3.63) is 40.4 Å². The molecule has 0 radical (unpaired) electrons. The first-order valence-corrected chi connectivity index (χ1v) is 7.81. The molecule has 2 aromatic heterocycles. The van der Waals surface area contributed by atoms with Crippen molar-refractivity contribution in [1.82, 2.24) is 4.98 Å². The first-order chi connectivity index (χ1) is 9.70. The molecule has 4 heteroatoms. The number of thiophene rings is 1. The zero-order valence-corrected chi connectivity index (χ0v) is 12.5. The normalized spacial score (nSPS) is 14.3. The summed E-state index contributed by atoms with van der Waals surface area (Å²) >= 11 is 1.69. The first kappa shape index (κ1) is 13.3. The molecule has 0 saturated heterocycles. The van der Waals surface area contributed by atoms with Crippen molar-refractivity contribution in [2.75, 3.05) is 6.61 Å². The largest absolute Gasteiger partial charge is 0.462 e. The lowest BCUT2D eigenvalue weighted by molar-refractivity contribution is 0.0524. The minimum Gasteiger partial charge on any atom is -0.462 e. The van der Waals surface area contributed by atoms with Crippen molar-refractivity contribution < 1.29 is 9.53 Å². The van der Waals surface area contributed by atoms with Crippen LogP contribution >= 0.6 is 11.3 Å². The summed E-state index contributed by atoms with van der Waals surface area (Å²) in [4.78, 5) is 17.9. The molecule has 0 aliphatic heterocycles. The summed E-state index contributed by atoms with van der Waals surface area (Å²) in [6.07, 6.45) is 2.23. The Kier molecular flexibility index (Phi) is 3.57. The summed E-state index contributed by atoms with van der Waals surface area (Å²) in [5, 5.41) is 2.07. The van der Waals surface area contributed by atoms with Gasteiger partial charge < -0.3 is 4.74 Å². The van der Waals surface area contributed by atoms with Gasteiger partial charge in [-0.2, -0.15) is 0 Å². The number of pyridine rings is 1. The van der Waals surface area contributed by atoms with E-state index in [1.165, 1.54) is 10.4 Å². The standard InChI is InChI=1S/C16H17NO2S/c1-3-19-16(18)12-6-7-13(15-10(2)8-9-20-15)17-14(12)11-4-5-11/h6-9,11H,3-5H2,1-2H3. The van der Waals surface area contributed by atoms with Crippen LogP contribution in [0.15, 0.2) is 23.6 Å². The van der Waals surface area contributed by atoms with Gasteiger partial charge in [0, 0.05) is 5.92 Å². The van der Waals surface area contributed by atoms with Gasteiger partial charge >= 0.3 is 5.97 Å². The van der Waals surface area contributed by atoms with E-state index in [4.69, 9.17) is 9.72 Å². The van der Waals surface area contributed by atoms with Crippen molar-refractivity contribution in [2.24, 2.45) is 0 Å². The number of hydrogen-bond donors (Lipinski definition) is 0. The number of hydrogen-bond acceptors (Lipinski definition) is 4. The van der Waals surface area contributed by atoms with Crippen LogP contribution in [0.4, 0.5) is 0 Å². The molecular formula is C16H17NO2S. The van der Waals surface area contributed by atoms with Gasteiger partial charge in [0.1, 0.15) is 0 Å². The highest BCUT2D eigenvalue weighted by Crippen LogP contribution is 2.42. The second kappa shape index (κ2) is 5.37. The molecule has 0 N–H and O–H groups in total. The number of rotatable bonds is 4. The van der Waals surface area contributed by atoms with Crippen LogP contribution in [-0.2, 0) is 4.74 Å². The Morgan fingerprint density at radius 3 is 2.80 bits per heavy atom. The summed E-state index contributed by atoms with van der Waals surface area (Å²) in [5.41, 5.74) is 3.74. The zero-order valence-electron chi connectivity index (χ0n) is 11.7. The molecule has 0 bridgehead atoms. The number of carbonyl (C=O) groups excluding carboxylic acids is 1. The number of ether oxygens (including phenoxy) is 1. The third kappa shape index (κ3) is 2.48. The van der Waals surface area contributed by atoms with E-state index in [2.05, 4.69) is 18.4 Å². The van der Waals surface area contributed by atoms with Crippen LogP contribution in [0.3, 0.4) is 0 Å². The van der Waals surface area contributed by atoms with Gasteiger partial charge in [0.25, 0.3) is 0 Å². The van der Waals surface area contributed by atoms with Crippen LogP contribution in [0.1, 0.15) is 47.3 Å². The smallest absolute Gasteiger partial charge is 0.339 e. The Balaban J connectivity index is 2.02. The second-order valence-electron chi connectivity index (χ2n) is 5.06. The lowest BCUT2D eigenvalue weighted by atomic mass is 10.1. The van der Waals surface area contributed by atoms with Gasteiger partial charge in [0.15, 0.2) is 0 Å². The lowest BCUT2D eigenvalue weighted by Gasteiger charge is -2.09. The van der Waals surface area contributed by atoms with Gasteiger partial charge in [-0.25, -0.2) is 4.79 Å². The summed E-state index contributed by atoms with van der Waals surface area (Å²) in [6.45, 7) is 4.31. The number of aryl methyl sites for hydroxylation is 1. The Labute approximate surface area is 122 Å². The van der Waals surface area contributed by atoms with Gasteiger partial charge in [-0.15, -0.1) is 11.3 Å². The van der Waals surface area contributed by atoms with Crippen LogP contribution in [0, 0.1) is 6.92 Å². The minimum atomic E-state index is -0.253. The summed E-state index contributed by atoms with van der Waals surface area (Å²) in [6, 6.07) is 5.89. The lowest BCUT2D eigenvalue weighted by Crippen LogP contribution is -2.09. The van der Waals surface area contributed by atoms with Gasteiger partial charge in [0.2, 0.25) is 0 Å². The molecule has 1 fully saturated rings. The molecule has 0 aromatic carbocycles. The van der Waals surface area contributed by atoms with Crippen molar-refractivity contribution >= 4 is 17.3 Å². The fourth-order valence-electron chi connectivity index (χ4n) is 2.29. The highest BCUT2D eigenvalue weighted by atomic mass is 32.1. The molecule has 0 spiro atoms. The van der Waals surface area contributed by atoms with Gasteiger partial charge in [0.05, 0.1) is 28.4 Å². The summed E-state index contributed by atoms with van der Waals surface area (Å²) < 4.78 is 5.12. The van der Waals surface area contributed by atoms with E-state index in [0.29, 0.717) is 18.1 Å². The molecule has 0 amide bonds. The molecule has 0 unspecified atom stereocenters. The van der Waals surface area contributed by atoms with Crippen LogP contribution in [0.2, 0.25) is 0 Å². The van der Waals surface area contributed by atoms with Crippen molar-refractivity contribution in [1.29, 1.82) is 0 Å². The molecule has 104 valence electrons. The van der Waals surface area contributed by atoms with Crippen molar-refractivity contribution in [3.63, 3.8) is 0 Å². The molecular weight excluding hydrogens is 270 g/mol. The monoisotopic (exact) mass is 287 g/mol. The number of aromatic nitrogens is 1. The number of carbonyl (C=O) groups is 1. The average molecular weight is 287 g/mol. The molecule has 2 aromatic rings. The fourth-order valence-corrected chi connectivity index (χ4v) is 3.18. The maximum Gasteiger partial charge on any atom is 0.339 e. The van der Waals surface area contributed by atoms with E-state index in [9.17, 15) is 4.79 Å². The molecule has 0 atom stereocenters. The Bertz CT molecular complexity index is 644. The van der Waals surface area contributed by atoms with E-state index in [0.717, 1.165) is 24.2 Å². The highest BCUT2D eigenvalue weighted by Gasteiger charge is 2.30. The second-order valence-corrected chi connectivity index (χ2v) is 5.97. The molecule has 1 saturated carbocycles. The van der Waals surface area contributed by atoms with Gasteiger partial charge in [-0.3, -0.25) is 4.98 Å². The third-order valence-corrected chi connectivity index (χ3v) is 4.52. The zero-order chi connectivity index (χ0) is 14.1. The molecule has 1 aliphatic rings. The quantitative estimate of drug-likeness (QED) is 0.792. The van der Waals surface area contributed by atoms with Crippen LogP contribution in [0.25, 0.3) is 10.6 Å². The van der Waals surface area contributed by atoms with E-state index < -0.39 is 0 Å². The first-order valence-electron chi connectivity index (χ1n) is 6.93. The van der Waals surface area contributed by atoms with Crippen LogP contribution in [-0.4, -0.2) is 17.6 Å². The average Bonchev–Trinajstić information content (AvgIpc) is 3.20. The predicted molar refractivity (Wildman–Crippen MR) is 80.2 cm³/mol. The molecule has 3 nitrogen and oxygen atoms in total. The van der Waals surface area contributed by atoms with E-state index >= 15 is 0 Å². The van der Waals surface area contributed by atoms with Gasteiger partial charge in [-0.05, 0) is 55.8 Å². The van der Waals surface area contributed by atoms with E-state index in [-0.39, 0.29) is 5.97 Å². The predicted octanol–water partition coefficient (Wildman–Crippen LogP) is 4.17. The maximum atomic E-state index is 12.0. The highest BCUT2D eigenvalue weighted by molar-refractivity contribution is 7.13. The Morgan fingerprint density at radius 1 is 1.40 bits per heavy atom. The van der Waals surface area contributed by atoms with Crippen molar-refractivity contribution in [2.45, 2.75) is 32.6 Å². The van der Waals surface area contributed by atoms with E-state index in [1.54, 1.807) is 11.3 Å². The number of nitrogens with zero attached hydrogens (tertiary/aromatic N) is 1. The van der Waals surface area contributed by atoms with E-state index in [1.807, 2.05) is 19.1 Å².